The molecule has 0 bridgehead atoms. The summed E-state index contributed by atoms with van der Waals surface area (Å²) in [5, 5.41) is 0.955. The van der Waals surface area contributed by atoms with Crippen molar-refractivity contribution in [1.82, 2.24) is 0 Å². The van der Waals surface area contributed by atoms with Crippen molar-refractivity contribution in [2.75, 3.05) is 19.8 Å². The highest BCUT2D eigenvalue weighted by molar-refractivity contribution is 6.75. The molecule has 2 rings (SSSR count). The minimum atomic E-state index is -2.91. The summed E-state index contributed by atoms with van der Waals surface area (Å²) < 4.78 is 30.2. The lowest BCUT2D eigenvalue weighted by atomic mass is 9.98. The highest BCUT2D eigenvalue weighted by atomic mass is 28.4. The van der Waals surface area contributed by atoms with E-state index in [9.17, 15) is 0 Å². The number of hydrogen-bond acceptors (Lipinski definition) is 5. The molecule has 0 aliphatic carbocycles. The molecule has 0 spiro atoms. The van der Waals surface area contributed by atoms with Crippen molar-refractivity contribution in [2.24, 2.45) is 5.92 Å². The molecule has 6 heteroatoms. The lowest BCUT2D eigenvalue weighted by Gasteiger charge is -2.40. The van der Waals surface area contributed by atoms with Gasteiger partial charge in [0.15, 0.2) is 0 Å². The van der Waals surface area contributed by atoms with Crippen LogP contribution in [0.1, 0.15) is 53.5 Å². The van der Waals surface area contributed by atoms with Crippen molar-refractivity contribution >= 4 is 14.0 Å². The Bertz CT molecular complexity index is 548. The van der Waals surface area contributed by atoms with Gasteiger partial charge in [0.25, 0.3) is 0 Å². The molecular formula is C19H32O5Si. The lowest BCUT2D eigenvalue weighted by Crippen LogP contribution is -2.57. The van der Waals surface area contributed by atoms with Gasteiger partial charge in [0.05, 0.1) is 6.61 Å². The highest BCUT2D eigenvalue weighted by Crippen LogP contribution is 2.36. The van der Waals surface area contributed by atoms with Crippen LogP contribution in [0.2, 0.25) is 0 Å². The van der Waals surface area contributed by atoms with Crippen molar-refractivity contribution in [1.29, 1.82) is 0 Å². The van der Waals surface area contributed by atoms with E-state index in [1.54, 1.807) is 0 Å². The number of fused-ring (bicyclic) bond motifs is 1. The van der Waals surface area contributed by atoms with Gasteiger partial charge in [-0.3, -0.25) is 0 Å². The van der Waals surface area contributed by atoms with Crippen molar-refractivity contribution in [2.45, 2.75) is 60.4 Å². The first kappa shape index (κ1) is 20.4. The summed E-state index contributed by atoms with van der Waals surface area (Å²) in [5.41, 5.74) is 1.01. The first-order chi connectivity index (χ1) is 11.9. The number of hydrogen-bond donors (Lipinski definition) is 0. The fourth-order valence-corrected chi connectivity index (χ4v) is 5.54. The van der Waals surface area contributed by atoms with Crippen LogP contribution >= 0.6 is 0 Å². The van der Waals surface area contributed by atoms with Crippen LogP contribution in [0.5, 0.6) is 5.75 Å². The molecule has 0 aromatic heterocycles. The van der Waals surface area contributed by atoms with Crippen molar-refractivity contribution in [3.05, 3.63) is 23.8 Å². The van der Waals surface area contributed by atoms with Crippen LogP contribution in [0, 0.1) is 5.92 Å². The third-order valence-electron chi connectivity index (χ3n) is 4.75. The predicted molar refractivity (Wildman–Crippen MR) is 100.0 cm³/mol. The number of benzene rings is 1. The lowest BCUT2D eigenvalue weighted by molar-refractivity contribution is -0.223. The SMILES string of the molecule is CCO[Si](OCC)(OCC)c1ccc2c(c1)COC(C)(C(C)CC)O2. The van der Waals surface area contributed by atoms with Gasteiger partial charge in [0.2, 0.25) is 5.79 Å². The van der Waals surface area contributed by atoms with E-state index in [1.807, 2.05) is 39.8 Å². The normalized spacial score (nSPS) is 21.5. The molecule has 5 nitrogen and oxygen atoms in total. The quantitative estimate of drug-likeness (QED) is 0.623. The first-order valence-corrected chi connectivity index (χ1v) is 11.0. The van der Waals surface area contributed by atoms with Gasteiger partial charge in [0.1, 0.15) is 5.75 Å². The molecule has 2 atom stereocenters. The summed E-state index contributed by atoms with van der Waals surface area (Å²) in [4.78, 5) is 0. The topological polar surface area (TPSA) is 46.2 Å². The molecule has 0 amide bonds. The van der Waals surface area contributed by atoms with Gasteiger partial charge in [-0.15, -0.1) is 0 Å². The third-order valence-corrected chi connectivity index (χ3v) is 7.78. The van der Waals surface area contributed by atoms with E-state index in [0.29, 0.717) is 32.3 Å². The zero-order valence-electron chi connectivity index (χ0n) is 16.4. The molecule has 25 heavy (non-hydrogen) atoms. The van der Waals surface area contributed by atoms with E-state index in [0.717, 1.165) is 22.9 Å². The molecule has 1 aliphatic rings. The molecule has 142 valence electrons. The van der Waals surface area contributed by atoms with Gasteiger partial charge in [-0.25, -0.2) is 0 Å². The van der Waals surface area contributed by atoms with E-state index in [1.165, 1.54) is 0 Å². The van der Waals surface area contributed by atoms with Gasteiger partial charge in [-0.2, -0.15) is 0 Å². The Hall–Kier alpha value is -0.923. The van der Waals surface area contributed by atoms with E-state index >= 15 is 0 Å². The van der Waals surface area contributed by atoms with Gasteiger partial charge >= 0.3 is 8.80 Å². The summed E-state index contributed by atoms with van der Waals surface area (Å²) in [6.07, 6.45) is 0.999. The molecule has 0 radical (unpaired) electrons. The van der Waals surface area contributed by atoms with Crippen LogP contribution < -0.4 is 9.92 Å². The van der Waals surface area contributed by atoms with Crippen molar-refractivity contribution in [3.8, 4) is 5.75 Å². The van der Waals surface area contributed by atoms with Crippen LogP contribution in [0.3, 0.4) is 0 Å². The molecule has 1 aromatic carbocycles. The van der Waals surface area contributed by atoms with Crippen LogP contribution in [0.15, 0.2) is 18.2 Å². The smallest absolute Gasteiger partial charge is 0.462 e. The van der Waals surface area contributed by atoms with Crippen LogP contribution in [0.25, 0.3) is 0 Å². The first-order valence-electron chi connectivity index (χ1n) is 9.32. The maximum Gasteiger partial charge on any atom is 0.537 e. The number of rotatable bonds is 9. The Morgan fingerprint density at radius 2 is 1.68 bits per heavy atom. The Morgan fingerprint density at radius 1 is 1.08 bits per heavy atom. The average Bonchev–Trinajstić information content (AvgIpc) is 2.61. The van der Waals surface area contributed by atoms with E-state index in [-0.39, 0.29) is 0 Å². The molecule has 0 saturated carbocycles. The summed E-state index contributed by atoms with van der Waals surface area (Å²) in [6, 6.07) is 6.06. The fraction of sp³-hybridized carbons (Fsp3) is 0.684. The van der Waals surface area contributed by atoms with Gasteiger partial charge < -0.3 is 22.8 Å². The minimum Gasteiger partial charge on any atom is -0.462 e. The Kier molecular flexibility index (Phi) is 7.05. The van der Waals surface area contributed by atoms with Gasteiger partial charge in [-0.05, 0) is 39.3 Å². The molecule has 1 heterocycles. The van der Waals surface area contributed by atoms with Crippen LogP contribution in [0.4, 0.5) is 0 Å². The second-order valence-electron chi connectivity index (χ2n) is 6.39. The second kappa shape index (κ2) is 8.64. The fourth-order valence-electron chi connectivity index (χ4n) is 3.01. The highest BCUT2D eigenvalue weighted by Gasteiger charge is 2.44. The average molecular weight is 369 g/mol. The number of ether oxygens (including phenoxy) is 2. The monoisotopic (exact) mass is 368 g/mol. The minimum absolute atomic E-state index is 0.309. The van der Waals surface area contributed by atoms with Gasteiger partial charge in [-0.1, -0.05) is 19.9 Å². The van der Waals surface area contributed by atoms with E-state index < -0.39 is 14.6 Å². The van der Waals surface area contributed by atoms with E-state index in [4.69, 9.17) is 22.8 Å². The summed E-state index contributed by atoms with van der Waals surface area (Å²) in [7, 11) is -2.91. The summed E-state index contributed by atoms with van der Waals surface area (Å²) in [5.74, 6) is 0.589. The van der Waals surface area contributed by atoms with Crippen LogP contribution in [-0.4, -0.2) is 34.4 Å². The molecule has 0 saturated heterocycles. The zero-order chi connectivity index (χ0) is 18.5. The molecule has 2 unspecified atom stereocenters. The standard InChI is InChI=1S/C19H32O5Si/c1-7-15(5)19(6)20-14-16-13-17(11-12-18(16)24-19)25(21-8-2,22-9-3)23-10-4/h11-13,15H,7-10,14H2,1-6H3. The molecule has 1 aliphatic heterocycles. The summed E-state index contributed by atoms with van der Waals surface area (Å²) >= 11 is 0. The maximum atomic E-state index is 6.19. The predicted octanol–water partition coefficient (Wildman–Crippen LogP) is 3.61. The molecular weight excluding hydrogens is 336 g/mol. The van der Waals surface area contributed by atoms with Crippen molar-refractivity contribution in [3.63, 3.8) is 0 Å². The van der Waals surface area contributed by atoms with Crippen LogP contribution in [-0.2, 0) is 24.6 Å². The molecule has 0 fully saturated rings. The van der Waals surface area contributed by atoms with E-state index in [2.05, 4.69) is 19.9 Å². The Morgan fingerprint density at radius 3 is 2.20 bits per heavy atom. The Balaban J connectivity index is 2.34. The Labute approximate surface area is 152 Å². The summed E-state index contributed by atoms with van der Waals surface area (Å²) in [6.45, 7) is 14.3. The van der Waals surface area contributed by atoms with Gasteiger partial charge in [0, 0.05) is 43.4 Å². The third kappa shape index (κ3) is 4.26. The largest absolute Gasteiger partial charge is 0.537 e. The zero-order valence-corrected chi connectivity index (χ0v) is 17.4. The molecule has 1 aromatic rings. The van der Waals surface area contributed by atoms with Crippen molar-refractivity contribution < 1.29 is 22.8 Å². The maximum absolute atomic E-state index is 6.19. The molecule has 0 N–H and O–H groups in total. The second-order valence-corrected chi connectivity index (χ2v) is 8.95.